The molecule has 0 saturated carbocycles. The van der Waals surface area contributed by atoms with Gasteiger partial charge in [0, 0.05) is 18.9 Å². The van der Waals surface area contributed by atoms with E-state index < -0.39 is 0 Å². The number of hydrogen-bond donors (Lipinski definition) is 4. The number of imidazole rings is 1. The molecule has 18 heavy (non-hydrogen) atoms. The van der Waals surface area contributed by atoms with Gasteiger partial charge in [0.05, 0.1) is 24.6 Å². The topological polar surface area (TPSA) is 116 Å². The standard InChI is InChI=1S/C10H12N6O2/c1-11-10(18)9-7(4-14-16-9)15-8(17)2-6-3-12-5-13-6/h3-5H,2H2,1H3,(H,11,18)(H,12,13)(H,14,16)(H,15,17). The molecule has 2 heterocycles. The minimum absolute atomic E-state index is 0.151. The van der Waals surface area contributed by atoms with Gasteiger partial charge in [-0.3, -0.25) is 14.7 Å². The Morgan fingerprint density at radius 1 is 1.39 bits per heavy atom. The fourth-order valence-electron chi connectivity index (χ4n) is 1.43. The van der Waals surface area contributed by atoms with Crippen LogP contribution in [0.5, 0.6) is 0 Å². The van der Waals surface area contributed by atoms with Crippen LogP contribution < -0.4 is 10.6 Å². The van der Waals surface area contributed by atoms with Gasteiger partial charge in [0.1, 0.15) is 5.69 Å². The molecule has 0 bridgehead atoms. The molecule has 0 unspecified atom stereocenters. The van der Waals surface area contributed by atoms with Crippen LogP contribution in [0.4, 0.5) is 5.69 Å². The number of amides is 2. The lowest BCUT2D eigenvalue weighted by atomic mass is 10.3. The van der Waals surface area contributed by atoms with E-state index in [1.54, 1.807) is 6.20 Å². The van der Waals surface area contributed by atoms with Gasteiger partial charge in [-0.1, -0.05) is 0 Å². The van der Waals surface area contributed by atoms with Crippen LogP contribution in [0.2, 0.25) is 0 Å². The van der Waals surface area contributed by atoms with Crippen molar-refractivity contribution >= 4 is 17.5 Å². The maximum atomic E-state index is 11.7. The van der Waals surface area contributed by atoms with E-state index in [9.17, 15) is 9.59 Å². The fourth-order valence-corrected chi connectivity index (χ4v) is 1.43. The highest BCUT2D eigenvalue weighted by molar-refractivity contribution is 6.02. The Labute approximate surface area is 102 Å². The summed E-state index contributed by atoms with van der Waals surface area (Å²) < 4.78 is 0. The molecule has 0 aliphatic heterocycles. The SMILES string of the molecule is CNC(=O)c1[nH]ncc1NC(=O)Cc1cnc[nH]1. The number of H-pyrrole nitrogens is 2. The summed E-state index contributed by atoms with van der Waals surface area (Å²) in [4.78, 5) is 29.8. The average molecular weight is 248 g/mol. The summed E-state index contributed by atoms with van der Waals surface area (Å²) in [6.07, 6.45) is 4.60. The number of carbonyl (C=O) groups is 2. The Morgan fingerprint density at radius 2 is 2.22 bits per heavy atom. The van der Waals surface area contributed by atoms with Gasteiger partial charge in [0.25, 0.3) is 5.91 Å². The van der Waals surface area contributed by atoms with Gasteiger partial charge in [0.2, 0.25) is 5.91 Å². The normalized spacial score (nSPS) is 10.1. The van der Waals surface area contributed by atoms with Crippen LogP contribution in [0.3, 0.4) is 0 Å². The van der Waals surface area contributed by atoms with E-state index in [2.05, 4.69) is 30.8 Å². The molecule has 0 fully saturated rings. The van der Waals surface area contributed by atoms with Crippen molar-refractivity contribution in [1.82, 2.24) is 25.5 Å². The van der Waals surface area contributed by atoms with E-state index in [1.807, 2.05) is 0 Å². The molecule has 0 aliphatic carbocycles. The fraction of sp³-hybridized carbons (Fsp3) is 0.200. The molecule has 0 aromatic carbocycles. The van der Waals surface area contributed by atoms with Crippen molar-refractivity contribution in [2.24, 2.45) is 0 Å². The number of anilines is 1. The van der Waals surface area contributed by atoms with E-state index in [0.29, 0.717) is 11.4 Å². The van der Waals surface area contributed by atoms with Crippen molar-refractivity contribution in [2.75, 3.05) is 12.4 Å². The largest absolute Gasteiger partial charge is 0.354 e. The highest BCUT2D eigenvalue weighted by Crippen LogP contribution is 2.11. The molecule has 0 aliphatic rings. The first-order chi connectivity index (χ1) is 8.70. The van der Waals surface area contributed by atoms with E-state index in [0.717, 1.165) is 0 Å². The molecule has 2 rings (SSSR count). The molecule has 94 valence electrons. The second kappa shape index (κ2) is 5.13. The number of hydrogen-bond acceptors (Lipinski definition) is 4. The number of aromatic amines is 2. The van der Waals surface area contributed by atoms with Gasteiger partial charge >= 0.3 is 0 Å². The van der Waals surface area contributed by atoms with Crippen molar-refractivity contribution in [3.8, 4) is 0 Å². The highest BCUT2D eigenvalue weighted by Gasteiger charge is 2.14. The van der Waals surface area contributed by atoms with Crippen LogP contribution in [0.15, 0.2) is 18.7 Å². The number of rotatable bonds is 4. The van der Waals surface area contributed by atoms with Crippen LogP contribution in [0.1, 0.15) is 16.2 Å². The summed E-state index contributed by atoms with van der Waals surface area (Å²) in [5.41, 5.74) is 1.26. The predicted octanol–water partition coefficient (Wildman–Crippen LogP) is -0.326. The third kappa shape index (κ3) is 2.54. The molecule has 0 spiro atoms. The van der Waals surface area contributed by atoms with Crippen LogP contribution in [0, 0.1) is 0 Å². The molecule has 0 saturated heterocycles. The Balaban J connectivity index is 2.03. The second-order valence-electron chi connectivity index (χ2n) is 3.54. The molecule has 0 radical (unpaired) electrons. The number of carbonyl (C=O) groups excluding carboxylic acids is 2. The number of nitrogens with one attached hydrogen (secondary N) is 4. The lowest BCUT2D eigenvalue weighted by molar-refractivity contribution is -0.115. The zero-order chi connectivity index (χ0) is 13.0. The van der Waals surface area contributed by atoms with Gasteiger partial charge < -0.3 is 15.6 Å². The highest BCUT2D eigenvalue weighted by atomic mass is 16.2. The molecule has 2 amide bonds. The smallest absolute Gasteiger partial charge is 0.271 e. The molecular formula is C10H12N6O2. The molecule has 4 N–H and O–H groups in total. The molecule has 0 atom stereocenters. The molecule has 8 heteroatoms. The maximum absolute atomic E-state index is 11.7. The van der Waals surface area contributed by atoms with Gasteiger partial charge in [-0.25, -0.2) is 4.98 Å². The summed E-state index contributed by atoms with van der Waals surface area (Å²) >= 11 is 0. The predicted molar refractivity (Wildman–Crippen MR) is 62.9 cm³/mol. The molecule has 2 aromatic rings. The average Bonchev–Trinajstić information content (AvgIpc) is 2.99. The van der Waals surface area contributed by atoms with E-state index in [-0.39, 0.29) is 23.9 Å². The van der Waals surface area contributed by atoms with E-state index in [1.165, 1.54) is 19.6 Å². The van der Waals surface area contributed by atoms with Crippen molar-refractivity contribution < 1.29 is 9.59 Å². The summed E-state index contributed by atoms with van der Waals surface area (Å²) in [5.74, 6) is -0.602. The van der Waals surface area contributed by atoms with E-state index in [4.69, 9.17) is 0 Å². The zero-order valence-electron chi connectivity index (χ0n) is 9.65. The minimum Gasteiger partial charge on any atom is -0.354 e. The maximum Gasteiger partial charge on any atom is 0.271 e. The molecule has 8 nitrogen and oxygen atoms in total. The first-order valence-electron chi connectivity index (χ1n) is 5.23. The monoisotopic (exact) mass is 248 g/mol. The lowest BCUT2D eigenvalue weighted by Crippen LogP contribution is -2.22. The van der Waals surface area contributed by atoms with Crippen LogP contribution in [0.25, 0.3) is 0 Å². The minimum atomic E-state index is -0.343. The third-order valence-electron chi connectivity index (χ3n) is 2.27. The Morgan fingerprint density at radius 3 is 2.89 bits per heavy atom. The third-order valence-corrected chi connectivity index (χ3v) is 2.27. The number of nitrogens with zero attached hydrogens (tertiary/aromatic N) is 2. The second-order valence-corrected chi connectivity index (χ2v) is 3.54. The molecular weight excluding hydrogens is 236 g/mol. The van der Waals surface area contributed by atoms with Crippen LogP contribution in [-0.2, 0) is 11.2 Å². The first-order valence-corrected chi connectivity index (χ1v) is 5.23. The Kier molecular flexibility index (Phi) is 3.37. The summed E-state index contributed by atoms with van der Waals surface area (Å²) in [6, 6.07) is 0. The quantitative estimate of drug-likeness (QED) is 0.593. The Hall–Kier alpha value is -2.64. The summed E-state index contributed by atoms with van der Waals surface area (Å²) in [5, 5.41) is 11.3. The number of aromatic nitrogens is 4. The molecule has 2 aromatic heterocycles. The van der Waals surface area contributed by atoms with Crippen LogP contribution in [-0.4, -0.2) is 39.0 Å². The van der Waals surface area contributed by atoms with Crippen LogP contribution >= 0.6 is 0 Å². The summed E-state index contributed by atoms with van der Waals surface area (Å²) in [7, 11) is 1.50. The van der Waals surface area contributed by atoms with Gasteiger partial charge in [0.15, 0.2) is 0 Å². The van der Waals surface area contributed by atoms with Crippen molar-refractivity contribution in [3.05, 3.63) is 30.1 Å². The van der Waals surface area contributed by atoms with E-state index >= 15 is 0 Å². The zero-order valence-corrected chi connectivity index (χ0v) is 9.65. The van der Waals surface area contributed by atoms with Gasteiger partial charge in [-0.2, -0.15) is 5.10 Å². The summed E-state index contributed by atoms with van der Waals surface area (Å²) in [6.45, 7) is 0. The van der Waals surface area contributed by atoms with Crippen molar-refractivity contribution in [3.63, 3.8) is 0 Å². The Bertz CT molecular complexity index is 544. The van der Waals surface area contributed by atoms with Gasteiger partial charge in [-0.15, -0.1) is 0 Å². The lowest BCUT2D eigenvalue weighted by Gasteiger charge is -2.03. The first kappa shape index (κ1) is 11.8. The van der Waals surface area contributed by atoms with Crippen molar-refractivity contribution in [2.45, 2.75) is 6.42 Å². The van der Waals surface area contributed by atoms with Gasteiger partial charge in [-0.05, 0) is 0 Å². The van der Waals surface area contributed by atoms with Crippen molar-refractivity contribution in [1.29, 1.82) is 0 Å².